The summed E-state index contributed by atoms with van der Waals surface area (Å²) in [5.41, 5.74) is 0. The van der Waals surface area contributed by atoms with Gasteiger partial charge >= 0.3 is 0 Å². The first-order valence-corrected chi connectivity index (χ1v) is 5.09. The van der Waals surface area contributed by atoms with Gasteiger partial charge in [-0.05, 0) is 19.1 Å². The van der Waals surface area contributed by atoms with Crippen LogP contribution >= 0.6 is 11.3 Å². The molecule has 74 valence electrons. The third kappa shape index (κ3) is 3.87. The molecule has 0 bridgehead atoms. The molecule has 4 heteroatoms. The molecule has 3 nitrogen and oxygen atoms in total. The third-order valence-electron chi connectivity index (χ3n) is 1.69. The van der Waals surface area contributed by atoms with Gasteiger partial charge in [-0.1, -0.05) is 0 Å². The van der Waals surface area contributed by atoms with Gasteiger partial charge in [-0.2, -0.15) is 0 Å². The van der Waals surface area contributed by atoms with Crippen LogP contribution in [0.5, 0.6) is 0 Å². The normalized spacial score (nSPS) is 13.2. The van der Waals surface area contributed by atoms with E-state index in [4.69, 9.17) is 10.2 Å². The van der Waals surface area contributed by atoms with Crippen LogP contribution in [0.4, 0.5) is 0 Å². The van der Waals surface area contributed by atoms with E-state index in [0.717, 1.165) is 6.54 Å². The number of aryl methyl sites for hydroxylation is 1. The first-order valence-electron chi connectivity index (χ1n) is 4.27. The molecule has 1 aromatic heterocycles. The highest BCUT2D eigenvalue weighted by Gasteiger charge is 2.01. The smallest absolute Gasteiger partial charge is 0.0895 e. The molecule has 1 unspecified atom stereocenters. The molecule has 0 saturated heterocycles. The van der Waals surface area contributed by atoms with Crippen LogP contribution in [0.2, 0.25) is 0 Å². The highest BCUT2D eigenvalue weighted by molar-refractivity contribution is 7.11. The summed E-state index contributed by atoms with van der Waals surface area (Å²) in [6.45, 7) is 3.08. The lowest BCUT2D eigenvalue weighted by molar-refractivity contribution is 0.0943. The lowest BCUT2D eigenvalue weighted by Crippen LogP contribution is -2.28. The van der Waals surface area contributed by atoms with Crippen molar-refractivity contribution < 1.29 is 10.2 Å². The van der Waals surface area contributed by atoms with Crippen molar-refractivity contribution in [3.05, 3.63) is 21.9 Å². The van der Waals surface area contributed by atoms with Gasteiger partial charge in [-0.15, -0.1) is 11.3 Å². The van der Waals surface area contributed by atoms with E-state index in [2.05, 4.69) is 24.4 Å². The Hall–Kier alpha value is -0.420. The Morgan fingerprint density at radius 1 is 1.54 bits per heavy atom. The molecule has 3 N–H and O–H groups in total. The molecule has 1 atom stereocenters. The monoisotopic (exact) mass is 201 g/mol. The maximum absolute atomic E-state index is 9.03. The molecular weight excluding hydrogens is 186 g/mol. The van der Waals surface area contributed by atoms with E-state index in [1.807, 2.05) is 0 Å². The average Bonchev–Trinajstić information content (AvgIpc) is 2.51. The second-order valence-electron chi connectivity index (χ2n) is 2.98. The number of aliphatic hydroxyl groups excluding tert-OH is 2. The summed E-state index contributed by atoms with van der Waals surface area (Å²) in [5, 5.41) is 20.6. The zero-order chi connectivity index (χ0) is 9.68. The summed E-state index contributed by atoms with van der Waals surface area (Å²) in [4.78, 5) is 2.54. The molecule has 0 aromatic carbocycles. The van der Waals surface area contributed by atoms with E-state index in [1.54, 1.807) is 11.3 Å². The summed E-state index contributed by atoms with van der Waals surface area (Å²) in [6, 6.07) is 4.14. The average molecular weight is 201 g/mol. The van der Waals surface area contributed by atoms with Gasteiger partial charge in [-0.25, -0.2) is 0 Å². The summed E-state index contributed by atoms with van der Waals surface area (Å²) in [6.07, 6.45) is -0.652. The Kier molecular flexibility index (Phi) is 4.38. The third-order valence-corrected chi connectivity index (χ3v) is 2.69. The van der Waals surface area contributed by atoms with Gasteiger partial charge in [0, 0.05) is 22.8 Å². The van der Waals surface area contributed by atoms with E-state index < -0.39 is 6.10 Å². The lowest BCUT2D eigenvalue weighted by Gasteiger charge is -2.07. The van der Waals surface area contributed by atoms with Crippen LogP contribution in [0.1, 0.15) is 9.75 Å². The summed E-state index contributed by atoms with van der Waals surface area (Å²) < 4.78 is 0. The second-order valence-corrected chi connectivity index (χ2v) is 4.35. The standard InChI is InChI=1S/C9H15NO2S/c1-7-2-3-9(13-7)5-10-4-8(12)6-11/h2-3,8,10-12H,4-6H2,1H3. The van der Waals surface area contributed by atoms with E-state index in [9.17, 15) is 0 Å². The highest BCUT2D eigenvalue weighted by Crippen LogP contribution is 2.14. The molecule has 0 aliphatic carbocycles. The zero-order valence-corrected chi connectivity index (χ0v) is 8.47. The van der Waals surface area contributed by atoms with Gasteiger partial charge in [0.1, 0.15) is 0 Å². The predicted molar refractivity (Wildman–Crippen MR) is 53.9 cm³/mol. The fourth-order valence-electron chi connectivity index (χ4n) is 1.01. The van der Waals surface area contributed by atoms with Gasteiger partial charge in [-0.3, -0.25) is 0 Å². The van der Waals surface area contributed by atoms with E-state index >= 15 is 0 Å². The molecule has 0 fully saturated rings. The number of nitrogens with one attached hydrogen (secondary N) is 1. The van der Waals surface area contributed by atoms with Gasteiger partial charge in [0.25, 0.3) is 0 Å². The van der Waals surface area contributed by atoms with Crippen molar-refractivity contribution >= 4 is 11.3 Å². The first-order chi connectivity index (χ1) is 6.22. The van der Waals surface area contributed by atoms with Gasteiger partial charge in [0.15, 0.2) is 0 Å². The van der Waals surface area contributed by atoms with E-state index in [-0.39, 0.29) is 6.61 Å². The first kappa shape index (κ1) is 10.7. The molecule has 13 heavy (non-hydrogen) atoms. The fourth-order valence-corrected chi connectivity index (χ4v) is 1.87. The van der Waals surface area contributed by atoms with Crippen molar-refractivity contribution in [1.82, 2.24) is 5.32 Å². The lowest BCUT2D eigenvalue weighted by atomic mass is 10.3. The van der Waals surface area contributed by atoms with Crippen LogP contribution in [0.15, 0.2) is 12.1 Å². The largest absolute Gasteiger partial charge is 0.394 e. The van der Waals surface area contributed by atoms with Gasteiger partial charge < -0.3 is 15.5 Å². The van der Waals surface area contributed by atoms with Crippen LogP contribution in [0.25, 0.3) is 0 Å². The maximum Gasteiger partial charge on any atom is 0.0895 e. The highest BCUT2D eigenvalue weighted by atomic mass is 32.1. The quantitative estimate of drug-likeness (QED) is 0.650. The van der Waals surface area contributed by atoms with Crippen molar-refractivity contribution in [2.75, 3.05) is 13.2 Å². The SMILES string of the molecule is Cc1ccc(CNCC(O)CO)s1. The molecule has 0 spiro atoms. The molecule has 0 radical (unpaired) electrons. The molecule has 0 amide bonds. The Labute approximate surface area is 82.0 Å². The molecule has 0 aliphatic rings. The van der Waals surface area contributed by atoms with E-state index in [1.165, 1.54) is 9.75 Å². The number of hydrogen-bond donors (Lipinski definition) is 3. The Bertz CT molecular complexity index is 250. The molecule has 1 aromatic rings. The molecule has 1 rings (SSSR count). The van der Waals surface area contributed by atoms with Crippen LogP contribution in [-0.2, 0) is 6.54 Å². The summed E-state index contributed by atoms with van der Waals surface area (Å²) >= 11 is 1.74. The van der Waals surface area contributed by atoms with Gasteiger partial charge in [0.05, 0.1) is 12.7 Å². The second kappa shape index (κ2) is 5.34. The summed E-state index contributed by atoms with van der Waals surface area (Å²) in [5.74, 6) is 0. The number of rotatable bonds is 5. The minimum atomic E-state index is -0.652. The minimum Gasteiger partial charge on any atom is -0.394 e. The zero-order valence-electron chi connectivity index (χ0n) is 7.66. The van der Waals surface area contributed by atoms with Gasteiger partial charge in [0.2, 0.25) is 0 Å². The van der Waals surface area contributed by atoms with Crippen LogP contribution < -0.4 is 5.32 Å². The molecule has 1 heterocycles. The Balaban J connectivity index is 2.20. The van der Waals surface area contributed by atoms with Crippen molar-refractivity contribution in [3.63, 3.8) is 0 Å². The molecule has 0 aliphatic heterocycles. The Morgan fingerprint density at radius 2 is 2.31 bits per heavy atom. The number of aliphatic hydroxyl groups is 2. The topological polar surface area (TPSA) is 52.5 Å². The Morgan fingerprint density at radius 3 is 2.85 bits per heavy atom. The minimum absolute atomic E-state index is 0.184. The maximum atomic E-state index is 9.03. The van der Waals surface area contributed by atoms with Crippen molar-refractivity contribution in [3.8, 4) is 0 Å². The van der Waals surface area contributed by atoms with E-state index in [0.29, 0.717) is 6.54 Å². The summed E-state index contributed by atoms with van der Waals surface area (Å²) in [7, 11) is 0. The van der Waals surface area contributed by atoms with Crippen molar-refractivity contribution in [1.29, 1.82) is 0 Å². The van der Waals surface area contributed by atoms with Crippen LogP contribution in [0, 0.1) is 6.92 Å². The van der Waals surface area contributed by atoms with Crippen molar-refractivity contribution in [2.24, 2.45) is 0 Å². The number of thiophene rings is 1. The van der Waals surface area contributed by atoms with Crippen molar-refractivity contribution in [2.45, 2.75) is 19.6 Å². The number of hydrogen-bond acceptors (Lipinski definition) is 4. The van der Waals surface area contributed by atoms with Crippen LogP contribution in [0.3, 0.4) is 0 Å². The predicted octanol–water partition coefficient (Wildman–Crippen LogP) is 0.499. The molecule has 0 saturated carbocycles. The van der Waals surface area contributed by atoms with Crippen LogP contribution in [-0.4, -0.2) is 29.5 Å². The molecular formula is C9H15NO2S. The fraction of sp³-hybridized carbons (Fsp3) is 0.556.